The van der Waals surface area contributed by atoms with Gasteiger partial charge < -0.3 is 9.40 Å². The molecule has 2 aromatic heterocycles. The lowest BCUT2D eigenvalue weighted by Gasteiger charge is -1.86. The molecule has 2 aromatic rings. The summed E-state index contributed by atoms with van der Waals surface area (Å²) < 4.78 is 5.06. The van der Waals surface area contributed by atoms with Crippen molar-refractivity contribution in [3.8, 4) is 11.5 Å². The third-order valence-electron chi connectivity index (χ3n) is 1.63. The second-order valence-electron chi connectivity index (χ2n) is 2.64. The van der Waals surface area contributed by atoms with Crippen molar-refractivity contribution in [1.82, 2.24) is 15.0 Å². The highest BCUT2D eigenvalue weighted by molar-refractivity contribution is 6.16. The van der Waals surface area contributed by atoms with Crippen LogP contribution in [0.25, 0.3) is 11.5 Å². The molecule has 0 bridgehead atoms. The molecular weight excluding hydrogens is 190 g/mol. The SMILES string of the molecule is Cc1nc(-c2ncc(CCl)[nH]2)co1. The van der Waals surface area contributed by atoms with Crippen LogP contribution in [0.1, 0.15) is 11.6 Å². The summed E-state index contributed by atoms with van der Waals surface area (Å²) in [6.07, 6.45) is 3.25. The first-order chi connectivity index (χ1) is 6.29. The van der Waals surface area contributed by atoms with Crippen LogP contribution in [0.15, 0.2) is 16.9 Å². The lowest BCUT2D eigenvalue weighted by Crippen LogP contribution is -1.81. The fourth-order valence-corrected chi connectivity index (χ4v) is 1.17. The van der Waals surface area contributed by atoms with E-state index in [2.05, 4.69) is 15.0 Å². The summed E-state index contributed by atoms with van der Waals surface area (Å²) in [5, 5.41) is 0. The Labute approximate surface area is 80.0 Å². The summed E-state index contributed by atoms with van der Waals surface area (Å²) in [5.41, 5.74) is 1.58. The van der Waals surface area contributed by atoms with Crippen molar-refractivity contribution in [2.24, 2.45) is 0 Å². The predicted molar refractivity (Wildman–Crippen MR) is 48.4 cm³/mol. The normalized spacial score (nSPS) is 10.6. The van der Waals surface area contributed by atoms with Crippen LogP contribution in [0.2, 0.25) is 0 Å². The Morgan fingerprint density at radius 2 is 2.46 bits per heavy atom. The van der Waals surface area contributed by atoms with Crippen LogP contribution >= 0.6 is 11.6 Å². The van der Waals surface area contributed by atoms with E-state index in [4.69, 9.17) is 16.0 Å². The summed E-state index contributed by atoms with van der Waals surface area (Å²) >= 11 is 5.62. The summed E-state index contributed by atoms with van der Waals surface area (Å²) in [6.45, 7) is 1.79. The molecule has 0 fully saturated rings. The number of aromatic nitrogens is 3. The van der Waals surface area contributed by atoms with E-state index in [1.807, 2.05) is 0 Å². The molecule has 68 valence electrons. The third kappa shape index (κ3) is 1.58. The molecular formula is C8H8ClN3O. The van der Waals surface area contributed by atoms with Crippen LogP contribution in [-0.2, 0) is 5.88 Å². The van der Waals surface area contributed by atoms with Crippen LogP contribution in [-0.4, -0.2) is 15.0 Å². The second kappa shape index (κ2) is 3.22. The van der Waals surface area contributed by atoms with Crippen molar-refractivity contribution in [3.05, 3.63) is 24.0 Å². The van der Waals surface area contributed by atoms with Gasteiger partial charge in [-0.2, -0.15) is 0 Å². The van der Waals surface area contributed by atoms with Gasteiger partial charge in [-0.1, -0.05) is 0 Å². The fourth-order valence-electron chi connectivity index (χ4n) is 1.03. The van der Waals surface area contributed by atoms with Gasteiger partial charge in [-0.15, -0.1) is 11.6 Å². The minimum absolute atomic E-state index is 0.420. The fraction of sp³-hybridized carbons (Fsp3) is 0.250. The molecule has 0 spiro atoms. The molecule has 0 saturated carbocycles. The zero-order valence-corrected chi connectivity index (χ0v) is 7.80. The Kier molecular flexibility index (Phi) is 2.06. The Bertz CT molecular complexity index is 407. The van der Waals surface area contributed by atoms with Gasteiger partial charge in [0.2, 0.25) is 0 Å². The van der Waals surface area contributed by atoms with Crippen molar-refractivity contribution < 1.29 is 4.42 Å². The Morgan fingerprint density at radius 3 is 3.00 bits per heavy atom. The van der Waals surface area contributed by atoms with Gasteiger partial charge in [0.15, 0.2) is 11.7 Å². The molecule has 2 rings (SSSR count). The van der Waals surface area contributed by atoms with Gasteiger partial charge in [0.25, 0.3) is 0 Å². The molecule has 0 aliphatic rings. The first-order valence-corrected chi connectivity index (χ1v) is 4.35. The minimum Gasteiger partial charge on any atom is -0.449 e. The number of hydrogen-bond donors (Lipinski definition) is 1. The first kappa shape index (κ1) is 8.31. The number of H-pyrrole nitrogens is 1. The number of rotatable bonds is 2. The zero-order chi connectivity index (χ0) is 9.26. The maximum Gasteiger partial charge on any atom is 0.191 e. The van der Waals surface area contributed by atoms with E-state index in [1.54, 1.807) is 19.4 Å². The number of aromatic amines is 1. The van der Waals surface area contributed by atoms with Gasteiger partial charge in [0, 0.05) is 18.8 Å². The molecule has 4 nitrogen and oxygen atoms in total. The highest BCUT2D eigenvalue weighted by Gasteiger charge is 2.06. The molecule has 2 heterocycles. The van der Waals surface area contributed by atoms with Crippen molar-refractivity contribution >= 4 is 11.6 Å². The summed E-state index contributed by atoms with van der Waals surface area (Å²) in [5.74, 6) is 1.73. The molecule has 0 aromatic carbocycles. The molecule has 13 heavy (non-hydrogen) atoms. The highest BCUT2D eigenvalue weighted by Crippen LogP contribution is 2.14. The lowest BCUT2D eigenvalue weighted by atomic mass is 10.5. The van der Waals surface area contributed by atoms with E-state index in [0.29, 0.717) is 23.3 Å². The molecule has 5 heteroatoms. The number of nitrogens with zero attached hydrogens (tertiary/aromatic N) is 2. The maximum absolute atomic E-state index is 5.62. The number of hydrogen-bond acceptors (Lipinski definition) is 3. The van der Waals surface area contributed by atoms with Crippen LogP contribution in [0.3, 0.4) is 0 Å². The molecule has 0 amide bonds. The van der Waals surface area contributed by atoms with Gasteiger partial charge in [-0.05, 0) is 0 Å². The number of imidazole rings is 1. The molecule has 1 N–H and O–H groups in total. The molecule has 0 unspecified atom stereocenters. The monoisotopic (exact) mass is 197 g/mol. The van der Waals surface area contributed by atoms with E-state index in [0.717, 1.165) is 5.69 Å². The Morgan fingerprint density at radius 1 is 1.62 bits per heavy atom. The van der Waals surface area contributed by atoms with E-state index in [-0.39, 0.29) is 0 Å². The third-order valence-corrected chi connectivity index (χ3v) is 1.92. The molecule has 0 aliphatic carbocycles. The van der Waals surface area contributed by atoms with Crippen molar-refractivity contribution in [2.75, 3.05) is 0 Å². The number of oxazole rings is 1. The number of nitrogens with one attached hydrogen (secondary N) is 1. The van der Waals surface area contributed by atoms with Gasteiger partial charge in [-0.25, -0.2) is 9.97 Å². The summed E-state index contributed by atoms with van der Waals surface area (Å²) in [7, 11) is 0. The van der Waals surface area contributed by atoms with Gasteiger partial charge in [0.05, 0.1) is 5.88 Å². The maximum atomic E-state index is 5.62. The van der Waals surface area contributed by atoms with Crippen molar-refractivity contribution in [3.63, 3.8) is 0 Å². The zero-order valence-electron chi connectivity index (χ0n) is 7.04. The van der Waals surface area contributed by atoms with Gasteiger partial charge >= 0.3 is 0 Å². The lowest BCUT2D eigenvalue weighted by molar-refractivity contribution is 0.521. The van der Waals surface area contributed by atoms with Crippen LogP contribution in [0.5, 0.6) is 0 Å². The molecule has 0 aliphatic heterocycles. The largest absolute Gasteiger partial charge is 0.449 e. The summed E-state index contributed by atoms with van der Waals surface area (Å²) in [4.78, 5) is 11.3. The second-order valence-corrected chi connectivity index (χ2v) is 2.91. The van der Waals surface area contributed by atoms with E-state index >= 15 is 0 Å². The van der Waals surface area contributed by atoms with Crippen LogP contribution in [0, 0.1) is 6.92 Å². The number of halogens is 1. The van der Waals surface area contributed by atoms with E-state index in [9.17, 15) is 0 Å². The summed E-state index contributed by atoms with van der Waals surface area (Å²) in [6, 6.07) is 0. The number of aryl methyl sites for hydroxylation is 1. The van der Waals surface area contributed by atoms with E-state index in [1.165, 1.54) is 0 Å². The van der Waals surface area contributed by atoms with Crippen LogP contribution in [0.4, 0.5) is 0 Å². The Balaban J connectivity index is 2.35. The minimum atomic E-state index is 0.420. The number of alkyl halides is 1. The van der Waals surface area contributed by atoms with E-state index < -0.39 is 0 Å². The smallest absolute Gasteiger partial charge is 0.191 e. The average molecular weight is 198 g/mol. The standard InChI is InChI=1S/C8H8ClN3O/c1-5-11-7(4-13-5)8-10-3-6(2-9)12-8/h3-4H,2H2,1H3,(H,10,12). The first-order valence-electron chi connectivity index (χ1n) is 3.82. The van der Waals surface area contributed by atoms with Gasteiger partial charge in [0.1, 0.15) is 12.0 Å². The topological polar surface area (TPSA) is 54.7 Å². The van der Waals surface area contributed by atoms with Crippen molar-refractivity contribution in [2.45, 2.75) is 12.8 Å². The quantitative estimate of drug-likeness (QED) is 0.751. The molecule has 0 saturated heterocycles. The highest BCUT2D eigenvalue weighted by atomic mass is 35.5. The predicted octanol–water partition coefficient (Wildman–Crippen LogP) is 2.11. The van der Waals surface area contributed by atoms with Crippen molar-refractivity contribution in [1.29, 1.82) is 0 Å². The molecule has 0 radical (unpaired) electrons. The Hall–Kier alpha value is -1.29. The average Bonchev–Trinajstić information content (AvgIpc) is 2.71. The van der Waals surface area contributed by atoms with Crippen LogP contribution < -0.4 is 0 Å². The molecule has 0 atom stereocenters. The van der Waals surface area contributed by atoms with Gasteiger partial charge in [-0.3, -0.25) is 0 Å².